The summed E-state index contributed by atoms with van der Waals surface area (Å²) in [6.07, 6.45) is 1.10. The molecule has 1 aromatic rings. The van der Waals surface area contributed by atoms with Crippen molar-refractivity contribution < 1.29 is 9.47 Å². The lowest BCUT2D eigenvalue weighted by atomic mass is 10.2. The molecule has 0 aromatic heterocycles. The van der Waals surface area contributed by atoms with Gasteiger partial charge in [-0.1, -0.05) is 15.9 Å². The van der Waals surface area contributed by atoms with Crippen molar-refractivity contribution in [2.45, 2.75) is 12.2 Å². The number of hydrogen-bond acceptors (Lipinski definition) is 3. The number of methoxy groups -OCH3 is 2. The van der Waals surface area contributed by atoms with E-state index in [1.165, 1.54) is 5.56 Å². The lowest BCUT2D eigenvalue weighted by Crippen LogP contribution is -1.92. The first-order valence-electron chi connectivity index (χ1n) is 5.17. The molecule has 0 saturated carbocycles. The van der Waals surface area contributed by atoms with Gasteiger partial charge in [0, 0.05) is 23.9 Å². The van der Waals surface area contributed by atoms with E-state index >= 15 is 0 Å². The van der Waals surface area contributed by atoms with Gasteiger partial charge in [0.05, 0.1) is 7.11 Å². The van der Waals surface area contributed by atoms with E-state index in [1.807, 2.05) is 23.9 Å². The van der Waals surface area contributed by atoms with Crippen LogP contribution < -0.4 is 4.74 Å². The van der Waals surface area contributed by atoms with E-state index in [-0.39, 0.29) is 0 Å². The predicted molar refractivity (Wildman–Crippen MR) is 73.3 cm³/mol. The maximum Gasteiger partial charge on any atom is 0.119 e. The van der Waals surface area contributed by atoms with E-state index in [0.717, 1.165) is 34.8 Å². The van der Waals surface area contributed by atoms with Crippen LogP contribution in [0.1, 0.15) is 12.0 Å². The quantitative estimate of drug-likeness (QED) is 0.715. The van der Waals surface area contributed by atoms with Gasteiger partial charge in [0.1, 0.15) is 5.75 Å². The maximum absolute atomic E-state index is 5.20. The fourth-order valence-electron chi connectivity index (χ4n) is 1.28. The number of thioether (sulfide) groups is 1. The molecule has 90 valence electrons. The highest BCUT2D eigenvalue weighted by Gasteiger charge is 2.02. The molecule has 0 spiro atoms. The van der Waals surface area contributed by atoms with Crippen LogP contribution in [0.25, 0.3) is 0 Å². The normalized spacial score (nSPS) is 10.4. The number of hydrogen-bond donors (Lipinski definition) is 0. The average Bonchev–Trinajstić information content (AvgIpc) is 2.31. The Bertz CT molecular complexity index is 318. The Hall–Kier alpha value is -0.190. The Balaban J connectivity index is 2.40. The van der Waals surface area contributed by atoms with Crippen LogP contribution in [0, 0.1) is 0 Å². The van der Waals surface area contributed by atoms with Crippen LogP contribution in [0.3, 0.4) is 0 Å². The molecule has 1 rings (SSSR count). The number of halogens is 1. The Morgan fingerprint density at radius 3 is 2.81 bits per heavy atom. The summed E-state index contributed by atoms with van der Waals surface area (Å²) in [6, 6.07) is 6.07. The Morgan fingerprint density at radius 1 is 1.31 bits per heavy atom. The summed E-state index contributed by atoms with van der Waals surface area (Å²) in [5.74, 6) is 3.04. The molecule has 16 heavy (non-hydrogen) atoms. The van der Waals surface area contributed by atoms with Gasteiger partial charge < -0.3 is 9.47 Å². The summed E-state index contributed by atoms with van der Waals surface area (Å²) < 4.78 is 11.4. The molecule has 0 aliphatic carbocycles. The van der Waals surface area contributed by atoms with Gasteiger partial charge in [-0.15, -0.1) is 0 Å². The van der Waals surface area contributed by atoms with Gasteiger partial charge in [-0.3, -0.25) is 0 Å². The number of rotatable bonds is 7. The van der Waals surface area contributed by atoms with Crippen molar-refractivity contribution in [2.24, 2.45) is 0 Å². The van der Waals surface area contributed by atoms with Gasteiger partial charge >= 0.3 is 0 Å². The van der Waals surface area contributed by atoms with Crippen LogP contribution in [-0.2, 0) is 10.5 Å². The summed E-state index contributed by atoms with van der Waals surface area (Å²) in [7, 11) is 3.43. The lowest BCUT2D eigenvalue weighted by molar-refractivity contribution is 0.200. The highest BCUT2D eigenvalue weighted by molar-refractivity contribution is 9.10. The van der Waals surface area contributed by atoms with Crippen molar-refractivity contribution in [1.29, 1.82) is 0 Å². The summed E-state index contributed by atoms with van der Waals surface area (Å²) >= 11 is 5.46. The zero-order valence-electron chi connectivity index (χ0n) is 9.66. The summed E-state index contributed by atoms with van der Waals surface area (Å²) in [5.41, 5.74) is 1.28. The molecule has 0 saturated heterocycles. The summed E-state index contributed by atoms with van der Waals surface area (Å²) in [5, 5.41) is 0. The van der Waals surface area contributed by atoms with Crippen LogP contribution >= 0.6 is 27.7 Å². The zero-order valence-corrected chi connectivity index (χ0v) is 12.1. The molecule has 0 bridgehead atoms. The van der Waals surface area contributed by atoms with Gasteiger partial charge in [-0.25, -0.2) is 0 Å². The summed E-state index contributed by atoms with van der Waals surface area (Å²) in [6.45, 7) is 0.840. The Kier molecular flexibility index (Phi) is 6.92. The van der Waals surface area contributed by atoms with Crippen LogP contribution in [0.15, 0.2) is 22.7 Å². The fourth-order valence-corrected chi connectivity index (χ4v) is 2.77. The van der Waals surface area contributed by atoms with Crippen LogP contribution in [0.2, 0.25) is 0 Å². The highest BCUT2D eigenvalue weighted by Crippen LogP contribution is 2.26. The molecule has 0 aliphatic rings. The van der Waals surface area contributed by atoms with Gasteiger partial charge in [-0.2, -0.15) is 11.8 Å². The molecular formula is C12H17BrO2S. The molecule has 0 fully saturated rings. The summed E-state index contributed by atoms with van der Waals surface area (Å²) in [4.78, 5) is 0. The molecule has 0 heterocycles. The average molecular weight is 305 g/mol. The first kappa shape index (κ1) is 13.9. The van der Waals surface area contributed by atoms with E-state index in [9.17, 15) is 0 Å². The minimum absolute atomic E-state index is 0.840. The van der Waals surface area contributed by atoms with Crippen molar-refractivity contribution in [3.8, 4) is 5.75 Å². The maximum atomic E-state index is 5.20. The first-order chi connectivity index (χ1) is 7.77. The van der Waals surface area contributed by atoms with Gasteiger partial charge in [0.25, 0.3) is 0 Å². The lowest BCUT2D eigenvalue weighted by Gasteiger charge is -2.07. The Labute approximate surface area is 110 Å². The van der Waals surface area contributed by atoms with E-state index in [1.54, 1.807) is 14.2 Å². The monoisotopic (exact) mass is 304 g/mol. The molecular weight excluding hydrogens is 288 g/mol. The number of ether oxygens (including phenoxy) is 2. The highest BCUT2D eigenvalue weighted by atomic mass is 79.9. The standard InChI is InChI=1S/C12H17BrO2S/c1-14-6-3-7-16-9-10-8-11(15-2)4-5-12(10)13/h4-5,8H,3,6-7,9H2,1-2H3. The third-order valence-corrected chi connectivity index (χ3v) is 4.01. The van der Waals surface area contributed by atoms with Crippen LogP contribution in [0.4, 0.5) is 0 Å². The second kappa shape index (κ2) is 7.98. The third kappa shape index (κ3) is 4.76. The molecule has 0 aliphatic heterocycles. The molecule has 4 heteroatoms. The van der Waals surface area contributed by atoms with Crippen LogP contribution in [-0.4, -0.2) is 26.6 Å². The van der Waals surface area contributed by atoms with Crippen LogP contribution in [0.5, 0.6) is 5.75 Å². The topological polar surface area (TPSA) is 18.5 Å². The first-order valence-corrected chi connectivity index (χ1v) is 7.11. The van der Waals surface area contributed by atoms with E-state index in [2.05, 4.69) is 22.0 Å². The van der Waals surface area contributed by atoms with E-state index in [4.69, 9.17) is 9.47 Å². The van der Waals surface area contributed by atoms with Crippen molar-refractivity contribution in [3.63, 3.8) is 0 Å². The fraction of sp³-hybridized carbons (Fsp3) is 0.500. The minimum atomic E-state index is 0.840. The smallest absolute Gasteiger partial charge is 0.119 e. The predicted octanol–water partition coefficient (Wildman–Crippen LogP) is 3.73. The van der Waals surface area contributed by atoms with Gasteiger partial charge in [0.2, 0.25) is 0 Å². The molecule has 0 N–H and O–H groups in total. The molecule has 2 nitrogen and oxygen atoms in total. The molecule has 0 radical (unpaired) electrons. The Morgan fingerprint density at radius 2 is 2.12 bits per heavy atom. The minimum Gasteiger partial charge on any atom is -0.497 e. The molecule has 0 unspecified atom stereocenters. The zero-order chi connectivity index (χ0) is 11.8. The van der Waals surface area contributed by atoms with E-state index in [0.29, 0.717) is 0 Å². The van der Waals surface area contributed by atoms with E-state index < -0.39 is 0 Å². The van der Waals surface area contributed by atoms with Crippen molar-refractivity contribution in [2.75, 3.05) is 26.6 Å². The van der Waals surface area contributed by atoms with Gasteiger partial charge in [0.15, 0.2) is 0 Å². The second-order valence-corrected chi connectivity index (χ2v) is 5.32. The van der Waals surface area contributed by atoms with Crippen molar-refractivity contribution in [3.05, 3.63) is 28.2 Å². The van der Waals surface area contributed by atoms with Gasteiger partial charge in [-0.05, 0) is 35.9 Å². The second-order valence-electron chi connectivity index (χ2n) is 3.36. The van der Waals surface area contributed by atoms with Crippen molar-refractivity contribution >= 4 is 27.7 Å². The molecule has 0 atom stereocenters. The van der Waals surface area contributed by atoms with Crippen molar-refractivity contribution in [1.82, 2.24) is 0 Å². The SMILES string of the molecule is COCCCSCc1cc(OC)ccc1Br. The third-order valence-electron chi connectivity index (χ3n) is 2.15. The number of benzene rings is 1. The largest absolute Gasteiger partial charge is 0.497 e. The molecule has 1 aromatic carbocycles. The molecule has 0 amide bonds.